The van der Waals surface area contributed by atoms with Crippen molar-refractivity contribution >= 4 is 5.82 Å². The van der Waals surface area contributed by atoms with Crippen LogP contribution in [0.15, 0.2) is 42.7 Å². The number of halogens is 2. The van der Waals surface area contributed by atoms with E-state index < -0.39 is 17.7 Å². The molecule has 0 amide bonds. The number of hydrogen-bond acceptors (Lipinski definition) is 5. The predicted octanol–water partition coefficient (Wildman–Crippen LogP) is 4.15. The van der Waals surface area contributed by atoms with E-state index in [4.69, 9.17) is 0 Å². The van der Waals surface area contributed by atoms with Crippen LogP contribution in [-0.2, 0) is 0 Å². The molecular formula is C21H23F2N5. The van der Waals surface area contributed by atoms with Crippen LogP contribution in [0.1, 0.15) is 22.9 Å². The van der Waals surface area contributed by atoms with Crippen molar-refractivity contribution in [1.82, 2.24) is 19.9 Å². The van der Waals surface area contributed by atoms with Gasteiger partial charge in [0.05, 0.1) is 6.04 Å². The zero-order valence-corrected chi connectivity index (χ0v) is 16.4. The van der Waals surface area contributed by atoms with Gasteiger partial charge in [0.25, 0.3) is 0 Å². The maximum absolute atomic E-state index is 14.3. The number of pyridine rings is 1. The van der Waals surface area contributed by atoms with Crippen LogP contribution < -0.4 is 5.32 Å². The summed E-state index contributed by atoms with van der Waals surface area (Å²) in [6.07, 6.45) is 3.37. The van der Waals surface area contributed by atoms with Gasteiger partial charge in [-0.2, -0.15) is 0 Å². The minimum atomic E-state index is -0.562. The Balaban J connectivity index is 1.91. The minimum Gasteiger partial charge on any atom is -0.368 e. The van der Waals surface area contributed by atoms with E-state index in [1.807, 2.05) is 26.0 Å². The summed E-state index contributed by atoms with van der Waals surface area (Å²) in [5.74, 6) is 0.0940. The third kappa shape index (κ3) is 4.14. The number of aryl methyl sites for hydroxylation is 1. The van der Waals surface area contributed by atoms with Gasteiger partial charge in [0.1, 0.15) is 17.5 Å². The van der Waals surface area contributed by atoms with Gasteiger partial charge >= 0.3 is 0 Å². The molecule has 0 saturated heterocycles. The average Bonchev–Trinajstić information content (AvgIpc) is 2.67. The molecule has 1 atom stereocenters. The van der Waals surface area contributed by atoms with Crippen LogP contribution in [-0.4, -0.2) is 40.5 Å². The summed E-state index contributed by atoms with van der Waals surface area (Å²) in [6, 6.07) is 7.09. The third-order valence-electron chi connectivity index (χ3n) is 4.75. The normalized spacial score (nSPS) is 12.2. The van der Waals surface area contributed by atoms with E-state index in [0.717, 1.165) is 16.8 Å². The molecule has 0 aliphatic rings. The molecule has 1 aromatic carbocycles. The first-order valence-electron chi connectivity index (χ1n) is 8.98. The van der Waals surface area contributed by atoms with Crippen LogP contribution in [0.2, 0.25) is 0 Å². The topological polar surface area (TPSA) is 53.9 Å². The summed E-state index contributed by atoms with van der Waals surface area (Å²) < 4.78 is 28.6. The van der Waals surface area contributed by atoms with E-state index in [-0.39, 0.29) is 12.1 Å². The van der Waals surface area contributed by atoms with E-state index in [2.05, 4.69) is 20.3 Å². The first-order valence-corrected chi connectivity index (χ1v) is 8.98. The molecule has 2 heterocycles. The maximum atomic E-state index is 14.3. The minimum absolute atomic E-state index is 0.0396. The molecule has 146 valence electrons. The fourth-order valence-electron chi connectivity index (χ4n) is 3.00. The average molecular weight is 383 g/mol. The molecule has 7 heteroatoms. The van der Waals surface area contributed by atoms with Gasteiger partial charge in [0.15, 0.2) is 5.82 Å². The fourth-order valence-corrected chi connectivity index (χ4v) is 3.00. The standard InChI is InChI=1S/C21H23F2N5/c1-13-14(2)26-21(15-8-10-24-11-9-15)27-20(13)25-12-18(28(3)4)19-16(22)6-5-7-17(19)23/h5-11,18H,12H2,1-4H3,(H,25,26,27). The lowest BCUT2D eigenvalue weighted by molar-refractivity contribution is 0.295. The van der Waals surface area contributed by atoms with Gasteiger partial charge in [-0.3, -0.25) is 4.98 Å². The SMILES string of the molecule is Cc1nc(-c2ccncc2)nc(NCC(c2c(F)cccc2F)N(C)C)c1C. The molecule has 0 saturated carbocycles. The van der Waals surface area contributed by atoms with Crippen molar-refractivity contribution < 1.29 is 8.78 Å². The van der Waals surface area contributed by atoms with Gasteiger partial charge in [0.2, 0.25) is 0 Å². The Bertz CT molecular complexity index is 940. The molecule has 2 aromatic heterocycles. The first kappa shape index (κ1) is 19.8. The van der Waals surface area contributed by atoms with Gasteiger partial charge in [-0.1, -0.05) is 6.07 Å². The fraction of sp³-hybridized carbons (Fsp3) is 0.286. The molecule has 1 unspecified atom stereocenters. The molecule has 5 nitrogen and oxygen atoms in total. The van der Waals surface area contributed by atoms with Crippen molar-refractivity contribution in [2.75, 3.05) is 26.0 Å². The Morgan fingerprint density at radius 3 is 2.25 bits per heavy atom. The molecule has 3 rings (SSSR count). The van der Waals surface area contributed by atoms with E-state index in [1.54, 1.807) is 31.4 Å². The highest BCUT2D eigenvalue weighted by Crippen LogP contribution is 2.26. The highest BCUT2D eigenvalue weighted by Gasteiger charge is 2.22. The van der Waals surface area contributed by atoms with Gasteiger partial charge in [-0.25, -0.2) is 18.7 Å². The summed E-state index contributed by atoms with van der Waals surface area (Å²) in [4.78, 5) is 15.0. The molecule has 0 spiro atoms. The molecule has 0 radical (unpaired) electrons. The molecule has 1 N–H and O–H groups in total. The lowest BCUT2D eigenvalue weighted by atomic mass is 10.0. The quantitative estimate of drug-likeness (QED) is 0.693. The summed E-state index contributed by atoms with van der Waals surface area (Å²) in [7, 11) is 3.58. The Morgan fingerprint density at radius 2 is 1.64 bits per heavy atom. The maximum Gasteiger partial charge on any atom is 0.161 e. The lowest BCUT2D eigenvalue weighted by Crippen LogP contribution is -2.29. The van der Waals surface area contributed by atoms with Crippen molar-refractivity contribution in [1.29, 1.82) is 0 Å². The number of nitrogens with one attached hydrogen (secondary N) is 1. The van der Waals surface area contributed by atoms with Crippen molar-refractivity contribution in [3.63, 3.8) is 0 Å². The monoisotopic (exact) mass is 383 g/mol. The zero-order valence-electron chi connectivity index (χ0n) is 16.4. The molecule has 0 fully saturated rings. The largest absolute Gasteiger partial charge is 0.368 e. The predicted molar refractivity (Wildman–Crippen MR) is 106 cm³/mol. The zero-order chi connectivity index (χ0) is 20.3. The molecule has 3 aromatic rings. The number of aromatic nitrogens is 3. The number of benzene rings is 1. The Morgan fingerprint density at radius 1 is 1.00 bits per heavy atom. The van der Waals surface area contributed by atoms with Crippen LogP contribution in [0.4, 0.5) is 14.6 Å². The number of anilines is 1. The van der Waals surface area contributed by atoms with E-state index >= 15 is 0 Å². The van der Waals surface area contributed by atoms with Crippen molar-refractivity contribution in [2.45, 2.75) is 19.9 Å². The van der Waals surface area contributed by atoms with E-state index in [9.17, 15) is 8.78 Å². The highest BCUT2D eigenvalue weighted by molar-refractivity contribution is 5.59. The van der Waals surface area contributed by atoms with E-state index in [0.29, 0.717) is 11.6 Å². The van der Waals surface area contributed by atoms with Crippen LogP contribution in [0.25, 0.3) is 11.4 Å². The summed E-state index contributed by atoms with van der Waals surface area (Å²) in [5.41, 5.74) is 2.62. The molecular weight excluding hydrogens is 360 g/mol. The second-order valence-electron chi connectivity index (χ2n) is 6.84. The number of rotatable bonds is 6. The Kier molecular flexibility index (Phi) is 5.94. The summed E-state index contributed by atoms with van der Waals surface area (Å²) >= 11 is 0. The van der Waals surface area contributed by atoms with Crippen LogP contribution in [0, 0.1) is 25.5 Å². The first-order chi connectivity index (χ1) is 13.4. The van der Waals surface area contributed by atoms with Crippen molar-refractivity contribution in [2.24, 2.45) is 0 Å². The highest BCUT2D eigenvalue weighted by atomic mass is 19.1. The molecule has 0 bridgehead atoms. The summed E-state index contributed by atoms with van der Waals surface area (Å²) in [5, 5.41) is 3.26. The summed E-state index contributed by atoms with van der Waals surface area (Å²) in [6.45, 7) is 4.12. The van der Waals surface area contributed by atoms with Crippen LogP contribution in [0.5, 0.6) is 0 Å². The van der Waals surface area contributed by atoms with Gasteiger partial charge in [0, 0.05) is 41.3 Å². The molecule has 0 aliphatic heterocycles. The molecule has 28 heavy (non-hydrogen) atoms. The van der Waals surface area contributed by atoms with Gasteiger partial charge in [-0.05, 0) is 52.2 Å². The van der Waals surface area contributed by atoms with Crippen molar-refractivity contribution in [3.05, 3.63) is 71.2 Å². The van der Waals surface area contributed by atoms with Crippen LogP contribution in [0.3, 0.4) is 0 Å². The van der Waals surface area contributed by atoms with Gasteiger partial charge in [-0.15, -0.1) is 0 Å². The second kappa shape index (κ2) is 8.39. The number of nitrogens with zero attached hydrogens (tertiary/aromatic N) is 4. The van der Waals surface area contributed by atoms with E-state index in [1.165, 1.54) is 18.2 Å². The second-order valence-corrected chi connectivity index (χ2v) is 6.84. The van der Waals surface area contributed by atoms with Crippen LogP contribution >= 0.6 is 0 Å². The third-order valence-corrected chi connectivity index (χ3v) is 4.75. The van der Waals surface area contributed by atoms with Crippen molar-refractivity contribution in [3.8, 4) is 11.4 Å². The Hall–Kier alpha value is -2.93. The smallest absolute Gasteiger partial charge is 0.161 e. The number of hydrogen-bond donors (Lipinski definition) is 1. The molecule has 0 aliphatic carbocycles. The Labute approximate surface area is 163 Å². The lowest BCUT2D eigenvalue weighted by Gasteiger charge is -2.26. The van der Waals surface area contributed by atoms with Gasteiger partial charge < -0.3 is 10.2 Å². The number of likely N-dealkylation sites (N-methyl/N-ethyl adjacent to an activating group) is 1.